The Morgan fingerprint density at radius 1 is 1.15 bits per heavy atom. The molecule has 1 N–H and O–H groups in total. The molecule has 2 heterocycles. The van der Waals surface area contributed by atoms with Crippen molar-refractivity contribution in [3.05, 3.63) is 71.8 Å². The van der Waals surface area contributed by atoms with Crippen molar-refractivity contribution in [1.29, 1.82) is 0 Å². The molecular weight excluding hydrogens is 331 g/mol. The number of hydrogen-bond donors (Lipinski definition) is 1. The van der Waals surface area contributed by atoms with Crippen molar-refractivity contribution in [1.82, 2.24) is 9.88 Å². The lowest BCUT2D eigenvalue weighted by Crippen LogP contribution is -2.38. The number of rotatable bonds is 2. The van der Waals surface area contributed by atoms with E-state index in [2.05, 4.69) is 15.3 Å². The van der Waals surface area contributed by atoms with Crippen LogP contribution < -0.4 is 5.32 Å². The first-order chi connectivity index (χ1) is 12.6. The molecule has 1 aromatic heterocycles. The van der Waals surface area contributed by atoms with Crippen LogP contribution in [-0.2, 0) is 0 Å². The molecule has 0 bridgehead atoms. The average Bonchev–Trinajstić information content (AvgIpc) is 3.12. The summed E-state index contributed by atoms with van der Waals surface area (Å²) in [4.78, 5) is 23.1. The highest BCUT2D eigenvalue weighted by Gasteiger charge is 2.26. The van der Waals surface area contributed by atoms with Crippen molar-refractivity contribution in [3.63, 3.8) is 0 Å². The van der Waals surface area contributed by atoms with Gasteiger partial charge in [0.1, 0.15) is 11.5 Å². The smallest absolute Gasteiger partial charge is 0.279 e. The van der Waals surface area contributed by atoms with Crippen LogP contribution in [0, 0.1) is 12.7 Å². The van der Waals surface area contributed by atoms with E-state index in [4.69, 9.17) is 0 Å². The fraction of sp³-hybridized carbons (Fsp3) is 0.150. The Morgan fingerprint density at radius 2 is 1.96 bits per heavy atom. The zero-order chi connectivity index (χ0) is 18.1. The molecule has 1 amide bonds. The van der Waals surface area contributed by atoms with Crippen molar-refractivity contribution >= 4 is 28.3 Å². The number of halogens is 1. The second-order valence-electron chi connectivity index (χ2n) is 6.16. The number of pyridine rings is 1. The summed E-state index contributed by atoms with van der Waals surface area (Å²) in [5, 5.41) is 5.01. The van der Waals surface area contributed by atoms with Crippen LogP contribution in [0.5, 0.6) is 0 Å². The van der Waals surface area contributed by atoms with Gasteiger partial charge in [-0.15, -0.1) is 0 Å². The van der Waals surface area contributed by atoms with Gasteiger partial charge < -0.3 is 5.32 Å². The predicted octanol–water partition coefficient (Wildman–Crippen LogP) is 3.61. The molecule has 0 aliphatic carbocycles. The van der Waals surface area contributed by atoms with Gasteiger partial charge in [-0.25, -0.2) is 4.39 Å². The number of anilines is 1. The maximum Gasteiger partial charge on any atom is 0.279 e. The largest absolute Gasteiger partial charge is 0.325 e. The summed E-state index contributed by atoms with van der Waals surface area (Å²) >= 11 is 0. The number of hydrogen-bond acceptors (Lipinski definition) is 4. The van der Waals surface area contributed by atoms with E-state index in [1.807, 2.05) is 31.2 Å². The molecule has 3 aromatic rings. The molecule has 0 radical (unpaired) electrons. The van der Waals surface area contributed by atoms with Gasteiger partial charge in [0.25, 0.3) is 5.91 Å². The summed E-state index contributed by atoms with van der Waals surface area (Å²) in [6.07, 6.45) is 1.69. The van der Waals surface area contributed by atoms with E-state index in [1.165, 1.54) is 12.1 Å². The van der Waals surface area contributed by atoms with Crippen LogP contribution in [0.15, 0.2) is 59.7 Å². The summed E-state index contributed by atoms with van der Waals surface area (Å²) in [7, 11) is 0. The van der Waals surface area contributed by atoms with Crippen molar-refractivity contribution in [2.75, 3.05) is 18.4 Å². The highest BCUT2D eigenvalue weighted by Crippen LogP contribution is 2.19. The van der Waals surface area contributed by atoms with Crippen molar-refractivity contribution in [3.8, 4) is 0 Å². The first-order valence-corrected chi connectivity index (χ1v) is 8.36. The van der Waals surface area contributed by atoms with Crippen LogP contribution in [0.25, 0.3) is 10.8 Å². The Bertz CT molecular complexity index is 1030. The minimum absolute atomic E-state index is 0.228. The lowest BCUT2D eigenvalue weighted by molar-refractivity contribution is 0.0852. The Balaban J connectivity index is 1.60. The molecule has 0 spiro atoms. The number of aromatic nitrogens is 1. The molecule has 0 saturated heterocycles. The van der Waals surface area contributed by atoms with E-state index in [-0.39, 0.29) is 11.7 Å². The maximum absolute atomic E-state index is 13.5. The third kappa shape index (κ3) is 3.01. The highest BCUT2D eigenvalue weighted by molar-refractivity contribution is 6.11. The first kappa shape index (κ1) is 16.2. The molecule has 130 valence electrons. The third-order valence-corrected chi connectivity index (χ3v) is 4.38. The molecule has 4 rings (SSSR count). The minimum Gasteiger partial charge on any atom is -0.325 e. The normalized spacial score (nSPS) is 13.8. The van der Waals surface area contributed by atoms with Gasteiger partial charge in [0.2, 0.25) is 5.96 Å². The number of aliphatic imine (C=N–C) groups is 1. The van der Waals surface area contributed by atoms with Crippen LogP contribution in [0.1, 0.15) is 16.1 Å². The highest BCUT2D eigenvalue weighted by atomic mass is 19.1. The predicted molar refractivity (Wildman–Crippen MR) is 99.8 cm³/mol. The number of amides is 1. The maximum atomic E-state index is 13.5. The molecule has 5 nitrogen and oxygen atoms in total. The van der Waals surface area contributed by atoms with Crippen molar-refractivity contribution < 1.29 is 9.18 Å². The van der Waals surface area contributed by atoms with Crippen LogP contribution in [0.4, 0.5) is 10.1 Å². The second kappa shape index (κ2) is 6.55. The number of guanidine groups is 1. The first-order valence-electron chi connectivity index (χ1n) is 8.36. The topological polar surface area (TPSA) is 57.6 Å². The minimum atomic E-state index is -0.342. The molecule has 0 saturated carbocycles. The van der Waals surface area contributed by atoms with Gasteiger partial charge in [-0.2, -0.15) is 0 Å². The Labute approximate surface area is 150 Å². The van der Waals surface area contributed by atoms with E-state index < -0.39 is 0 Å². The summed E-state index contributed by atoms with van der Waals surface area (Å²) in [5.41, 5.74) is 1.82. The molecule has 26 heavy (non-hydrogen) atoms. The Kier molecular flexibility index (Phi) is 4.08. The molecule has 0 atom stereocenters. The fourth-order valence-corrected chi connectivity index (χ4v) is 2.94. The number of aryl methyl sites for hydroxylation is 1. The van der Waals surface area contributed by atoms with Gasteiger partial charge in [0, 0.05) is 23.8 Å². The number of carbonyl (C=O) groups excluding carboxylic acids is 1. The summed E-state index contributed by atoms with van der Waals surface area (Å²) in [6.45, 7) is 2.83. The average molecular weight is 348 g/mol. The van der Waals surface area contributed by atoms with Crippen LogP contribution >= 0.6 is 0 Å². The van der Waals surface area contributed by atoms with Crippen molar-refractivity contribution in [2.24, 2.45) is 4.99 Å². The molecule has 6 heteroatoms. The molecule has 1 aliphatic rings. The number of fused-ring (bicyclic) bond motifs is 1. The standard InChI is InChI=1S/C20H17FN4O/c1-13-6-7-16(21)11-17(13)24-20-22-8-9-25(20)19(26)18-10-14-4-2-3-5-15(14)12-23-18/h2-7,10-12H,8-9H2,1H3,(H,22,24). The summed E-state index contributed by atoms with van der Waals surface area (Å²) in [5.74, 6) is -0.155. The van der Waals surface area contributed by atoms with Crippen LogP contribution in [0.2, 0.25) is 0 Å². The number of carbonyl (C=O) groups is 1. The van der Waals surface area contributed by atoms with Gasteiger partial charge in [0.05, 0.1) is 6.54 Å². The molecule has 1 aliphatic heterocycles. The molecule has 0 fully saturated rings. The molecule has 2 aromatic carbocycles. The number of benzene rings is 2. The van der Waals surface area contributed by atoms with Gasteiger partial charge in [-0.05, 0) is 36.1 Å². The summed E-state index contributed by atoms with van der Waals surface area (Å²) in [6, 6.07) is 14.0. The van der Waals surface area contributed by atoms with Crippen molar-refractivity contribution in [2.45, 2.75) is 6.92 Å². The lowest BCUT2D eigenvalue weighted by atomic mass is 10.1. The third-order valence-electron chi connectivity index (χ3n) is 4.38. The second-order valence-corrected chi connectivity index (χ2v) is 6.16. The van der Waals surface area contributed by atoms with Gasteiger partial charge in [-0.1, -0.05) is 30.3 Å². The van der Waals surface area contributed by atoms with E-state index in [0.717, 1.165) is 16.3 Å². The Morgan fingerprint density at radius 3 is 2.81 bits per heavy atom. The van der Waals surface area contributed by atoms with E-state index in [9.17, 15) is 9.18 Å². The van der Waals surface area contributed by atoms with Gasteiger partial charge >= 0.3 is 0 Å². The van der Waals surface area contributed by atoms with Gasteiger partial charge in [0.15, 0.2) is 0 Å². The van der Waals surface area contributed by atoms with Crippen LogP contribution in [-0.4, -0.2) is 34.8 Å². The van der Waals surface area contributed by atoms with E-state index in [0.29, 0.717) is 30.4 Å². The van der Waals surface area contributed by atoms with E-state index in [1.54, 1.807) is 23.2 Å². The number of nitrogens with zero attached hydrogens (tertiary/aromatic N) is 3. The molecular formula is C20H17FN4O. The fourth-order valence-electron chi connectivity index (χ4n) is 2.94. The SMILES string of the molecule is Cc1ccc(F)cc1NC1=NCCN1C(=O)c1cc2ccccc2cn1. The quantitative estimate of drug-likeness (QED) is 0.770. The summed E-state index contributed by atoms with van der Waals surface area (Å²) < 4.78 is 13.5. The Hall–Kier alpha value is -3.28. The zero-order valence-corrected chi connectivity index (χ0v) is 14.2. The monoisotopic (exact) mass is 348 g/mol. The zero-order valence-electron chi connectivity index (χ0n) is 14.2. The van der Waals surface area contributed by atoms with Gasteiger partial charge in [-0.3, -0.25) is 19.7 Å². The lowest BCUT2D eigenvalue weighted by Gasteiger charge is -2.20. The van der Waals surface area contributed by atoms with Crippen LogP contribution in [0.3, 0.4) is 0 Å². The number of nitrogens with one attached hydrogen (secondary N) is 1. The van der Waals surface area contributed by atoms with E-state index >= 15 is 0 Å². The molecule has 0 unspecified atom stereocenters.